The first kappa shape index (κ1) is 20.8. The van der Waals surface area contributed by atoms with Gasteiger partial charge in [-0.05, 0) is 42.8 Å². The number of aromatic nitrogens is 1. The van der Waals surface area contributed by atoms with Gasteiger partial charge in [-0.3, -0.25) is 4.79 Å². The van der Waals surface area contributed by atoms with Crippen LogP contribution >= 0.6 is 11.3 Å². The van der Waals surface area contributed by atoms with E-state index in [1.165, 1.54) is 23.5 Å². The number of carbonyl (C=O) groups excluding carboxylic acids is 1. The molecule has 0 radical (unpaired) electrons. The summed E-state index contributed by atoms with van der Waals surface area (Å²) in [7, 11) is 4.93. The van der Waals surface area contributed by atoms with Crippen LogP contribution in [0.25, 0.3) is 10.6 Å². The minimum absolute atomic E-state index is 0.0500. The predicted molar refractivity (Wildman–Crippen MR) is 112 cm³/mol. The Morgan fingerprint density at radius 1 is 1.14 bits per heavy atom. The lowest BCUT2D eigenvalue weighted by Gasteiger charge is -2.25. The Morgan fingerprint density at radius 3 is 2.48 bits per heavy atom. The van der Waals surface area contributed by atoms with Crippen LogP contribution < -0.4 is 9.47 Å². The van der Waals surface area contributed by atoms with Gasteiger partial charge in [0.25, 0.3) is 0 Å². The summed E-state index contributed by atoms with van der Waals surface area (Å²) >= 11 is 1.48. The lowest BCUT2D eigenvalue weighted by molar-refractivity contribution is -0.131. The molecule has 3 rings (SSSR count). The fraction of sp³-hybridized carbons (Fsp3) is 0.273. The van der Waals surface area contributed by atoms with Gasteiger partial charge in [0.1, 0.15) is 10.8 Å². The summed E-state index contributed by atoms with van der Waals surface area (Å²) in [4.78, 5) is 19.0. The zero-order valence-corrected chi connectivity index (χ0v) is 17.6. The Balaban J connectivity index is 1.70. The van der Waals surface area contributed by atoms with Crippen LogP contribution in [-0.4, -0.2) is 37.1 Å². The first-order valence-corrected chi connectivity index (χ1v) is 9.98. The van der Waals surface area contributed by atoms with E-state index < -0.39 is 0 Å². The van der Waals surface area contributed by atoms with Gasteiger partial charge in [-0.15, -0.1) is 11.3 Å². The van der Waals surface area contributed by atoms with Gasteiger partial charge in [0.2, 0.25) is 5.91 Å². The Kier molecular flexibility index (Phi) is 6.49. The van der Waals surface area contributed by atoms with Gasteiger partial charge in [0.15, 0.2) is 11.5 Å². The summed E-state index contributed by atoms with van der Waals surface area (Å²) < 4.78 is 23.7. The number of ether oxygens (including phenoxy) is 2. The lowest BCUT2D eigenvalue weighted by Crippen LogP contribution is -2.31. The summed E-state index contributed by atoms with van der Waals surface area (Å²) in [6, 6.07) is 11.6. The molecule has 0 aliphatic rings. The maximum atomic E-state index is 13.1. The number of benzene rings is 2. The third-order valence-corrected chi connectivity index (χ3v) is 5.78. The normalized spacial score (nSPS) is 11.8. The number of hydrogen-bond donors (Lipinski definition) is 0. The van der Waals surface area contributed by atoms with Gasteiger partial charge in [0, 0.05) is 18.0 Å². The Morgan fingerprint density at radius 2 is 1.83 bits per heavy atom. The van der Waals surface area contributed by atoms with Crippen LogP contribution in [0.1, 0.15) is 24.2 Å². The smallest absolute Gasteiger partial charge is 0.228 e. The highest BCUT2D eigenvalue weighted by molar-refractivity contribution is 7.13. The highest BCUT2D eigenvalue weighted by Crippen LogP contribution is 2.33. The average Bonchev–Trinajstić information content (AvgIpc) is 3.21. The van der Waals surface area contributed by atoms with Crippen molar-refractivity contribution >= 4 is 17.2 Å². The molecule has 1 unspecified atom stereocenters. The number of nitrogens with zero attached hydrogens (tertiary/aromatic N) is 2. The molecule has 7 heteroatoms. The second kappa shape index (κ2) is 9.05. The van der Waals surface area contributed by atoms with Gasteiger partial charge < -0.3 is 14.4 Å². The van der Waals surface area contributed by atoms with E-state index in [2.05, 4.69) is 4.98 Å². The molecule has 0 aliphatic heterocycles. The van der Waals surface area contributed by atoms with Crippen molar-refractivity contribution in [3.05, 3.63) is 64.9 Å². The summed E-state index contributed by atoms with van der Waals surface area (Å²) in [5.74, 6) is 0.941. The molecule has 1 heterocycles. The predicted octanol–water partition coefficient (Wildman–Crippen LogP) is 4.73. The molecule has 5 nitrogen and oxygen atoms in total. The number of halogens is 1. The van der Waals surface area contributed by atoms with Crippen molar-refractivity contribution in [2.45, 2.75) is 19.4 Å². The zero-order valence-electron chi connectivity index (χ0n) is 16.8. The fourth-order valence-electron chi connectivity index (χ4n) is 2.95. The molecule has 152 valence electrons. The molecule has 2 aromatic carbocycles. The van der Waals surface area contributed by atoms with Gasteiger partial charge in [-0.2, -0.15) is 0 Å². The second-order valence-corrected chi connectivity index (χ2v) is 7.48. The van der Waals surface area contributed by atoms with E-state index in [9.17, 15) is 9.18 Å². The molecular formula is C22H23FN2O3S. The van der Waals surface area contributed by atoms with Crippen LogP contribution in [0.5, 0.6) is 11.5 Å². The number of thiazole rings is 1. The molecule has 0 bridgehead atoms. The first-order valence-electron chi connectivity index (χ1n) is 9.11. The molecule has 0 saturated carbocycles. The topological polar surface area (TPSA) is 51.7 Å². The molecule has 3 aromatic rings. The van der Waals surface area contributed by atoms with E-state index >= 15 is 0 Å². The monoisotopic (exact) mass is 414 g/mol. The number of likely N-dealkylation sites (N-methyl/N-ethyl adjacent to an activating group) is 1. The van der Waals surface area contributed by atoms with Crippen molar-refractivity contribution in [2.75, 3.05) is 21.3 Å². The summed E-state index contributed by atoms with van der Waals surface area (Å²) in [5, 5.41) is 2.70. The molecule has 0 N–H and O–H groups in total. The molecule has 0 saturated heterocycles. The van der Waals surface area contributed by atoms with E-state index in [-0.39, 0.29) is 24.2 Å². The van der Waals surface area contributed by atoms with Crippen LogP contribution in [0, 0.1) is 5.82 Å². The minimum atomic E-state index is -0.292. The molecular weight excluding hydrogens is 391 g/mol. The summed E-state index contributed by atoms with van der Waals surface area (Å²) in [5.41, 5.74) is 2.49. The van der Waals surface area contributed by atoms with E-state index in [0.717, 1.165) is 16.1 Å². The molecule has 0 fully saturated rings. The fourth-order valence-corrected chi connectivity index (χ4v) is 3.77. The largest absolute Gasteiger partial charge is 0.493 e. The van der Waals surface area contributed by atoms with Crippen molar-refractivity contribution in [1.82, 2.24) is 9.88 Å². The van der Waals surface area contributed by atoms with Crippen LogP contribution in [0.4, 0.5) is 4.39 Å². The average molecular weight is 415 g/mol. The highest BCUT2D eigenvalue weighted by Gasteiger charge is 2.19. The third kappa shape index (κ3) is 4.74. The molecule has 1 amide bonds. The zero-order chi connectivity index (χ0) is 21.0. The van der Waals surface area contributed by atoms with E-state index in [1.54, 1.807) is 38.3 Å². The number of hydrogen-bond acceptors (Lipinski definition) is 5. The standard InChI is InChI=1S/C22H23FN2O3S/c1-14(15-5-8-17(23)9-6-15)25(2)21(26)12-18-13-29-22(24-18)16-7-10-19(27-3)20(11-16)28-4/h5-11,13-14H,12H2,1-4H3. The Hall–Kier alpha value is -2.93. The maximum Gasteiger partial charge on any atom is 0.228 e. The Labute approximate surface area is 173 Å². The van der Waals surface area contributed by atoms with E-state index in [4.69, 9.17) is 9.47 Å². The van der Waals surface area contributed by atoms with Crippen molar-refractivity contribution < 1.29 is 18.7 Å². The number of rotatable bonds is 7. The second-order valence-electron chi connectivity index (χ2n) is 6.62. The van der Waals surface area contributed by atoms with Crippen LogP contribution in [0.15, 0.2) is 47.8 Å². The van der Waals surface area contributed by atoms with Crippen LogP contribution in [-0.2, 0) is 11.2 Å². The number of carbonyl (C=O) groups is 1. The van der Waals surface area contributed by atoms with Crippen LogP contribution in [0.3, 0.4) is 0 Å². The minimum Gasteiger partial charge on any atom is -0.493 e. The molecule has 1 aromatic heterocycles. The number of amides is 1. The molecule has 29 heavy (non-hydrogen) atoms. The SMILES string of the molecule is COc1ccc(-c2nc(CC(=O)N(C)C(C)c3ccc(F)cc3)cs2)cc1OC. The van der Waals surface area contributed by atoms with Gasteiger partial charge in [0.05, 0.1) is 32.4 Å². The number of methoxy groups -OCH3 is 2. The van der Waals surface area contributed by atoms with Crippen molar-refractivity contribution in [3.63, 3.8) is 0 Å². The van der Waals surface area contributed by atoms with E-state index in [0.29, 0.717) is 17.2 Å². The summed E-state index contributed by atoms with van der Waals surface area (Å²) in [6.45, 7) is 1.92. The summed E-state index contributed by atoms with van der Waals surface area (Å²) in [6.07, 6.45) is 0.200. The molecule has 0 aliphatic carbocycles. The van der Waals surface area contributed by atoms with Crippen LogP contribution in [0.2, 0.25) is 0 Å². The molecule has 0 spiro atoms. The van der Waals surface area contributed by atoms with Crippen molar-refractivity contribution in [1.29, 1.82) is 0 Å². The Bertz CT molecular complexity index is 988. The maximum absolute atomic E-state index is 13.1. The highest BCUT2D eigenvalue weighted by atomic mass is 32.1. The van der Waals surface area contributed by atoms with Crippen molar-refractivity contribution in [2.24, 2.45) is 0 Å². The van der Waals surface area contributed by atoms with Crippen molar-refractivity contribution in [3.8, 4) is 22.1 Å². The lowest BCUT2D eigenvalue weighted by atomic mass is 10.1. The van der Waals surface area contributed by atoms with Gasteiger partial charge in [-0.25, -0.2) is 9.37 Å². The van der Waals surface area contributed by atoms with Gasteiger partial charge in [-0.1, -0.05) is 12.1 Å². The third-order valence-electron chi connectivity index (χ3n) is 4.84. The quantitative estimate of drug-likeness (QED) is 0.561. The first-order chi connectivity index (χ1) is 13.9. The molecule has 1 atom stereocenters. The van der Waals surface area contributed by atoms with E-state index in [1.807, 2.05) is 30.5 Å². The van der Waals surface area contributed by atoms with Gasteiger partial charge >= 0.3 is 0 Å².